The van der Waals surface area contributed by atoms with E-state index in [1.807, 2.05) is 60.7 Å². The molecule has 0 aliphatic heterocycles. The highest BCUT2D eigenvalue weighted by molar-refractivity contribution is 14.1. The second-order valence-electron chi connectivity index (χ2n) is 6.46. The molecule has 30 heavy (non-hydrogen) atoms. The fraction of sp³-hybridized carbons (Fsp3) is 0. The zero-order valence-electron chi connectivity index (χ0n) is 15.7. The van der Waals surface area contributed by atoms with Crippen LogP contribution < -0.4 is 9.47 Å². The minimum absolute atomic E-state index is 0.100. The van der Waals surface area contributed by atoms with E-state index < -0.39 is 0 Å². The zero-order chi connectivity index (χ0) is 20.9. The lowest BCUT2D eigenvalue weighted by Gasteiger charge is -2.11. The average Bonchev–Trinajstić information content (AvgIpc) is 2.77. The summed E-state index contributed by atoms with van der Waals surface area (Å²) in [4.78, 5) is 13.1. The van der Waals surface area contributed by atoms with Gasteiger partial charge in [0.1, 0.15) is 23.0 Å². The lowest BCUT2D eigenvalue weighted by atomic mass is 10.0. The van der Waals surface area contributed by atoms with Crippen LogP contribution >= 0.6 is 45.2 Å². The maximum atomic E-state index is 13.1. The molecular weight excluding hydrogens is 602 g/mol. The van der Waals surface area contributed by atoms with Crippen LogP contribution in [-0.2, 0) is 0 Å². The molecule has 5 heteroatoms. The maximum absolute atomic E-state index is 13.1. The van der Waals surface area contributed by atoms with Gasteiger partial charge in [-0.05, 0) is 130 Å². The fourth-order valence-electron chi connectivity index (χ4n) is 2.84. The van der Waals surface area contributed by atoms with Gasteiger partial charge in [-0.2, -0.15) is 0 Å². The van der Waals surface area contributed by atoms with Crippen molar-refractivity contribution in [3.05, 3.63) is 115 Å². The first-order valence-electron chi connectivity index (χ1n) is 9.19. The van der Waals surface area contributed by atoms with E-state index >= 15 is 0 Å². The van der Waals surface area contributed by atoms with Gasteiger partial charge in [-0.3, -0.25) is 4.79 Å². The van der Waals surface area contributed by atoms with E-state index in [-0.39, 0.29) is 5.78 Å². The number of ketones is 1. The molecule has 0 saturated heterocycles. The predicted octanol–water partition coefficient (Wildman–Crippen LogP) is 7.71. The number of benzene rings is 4. The van der Waals surface area contributed by atoms with Crippen molar-refractivity contribution >= 4 is 51.0 Å². The van der Waals surface area contributed by atoms with Gasteiger partial charge in [0.2, 0.25) is 0 Å². The van der Waals surface area contributed by atoms with Crippen molar-refractivity contribution < 1.29 is 14.3 Å². The van der Waals surface area contributed by atoms with Crippen LogP contribution in [0.1, 0.15) is 15.9 Å². The van der Waals surface area contributed by atoms with Crippen molar-refractivity contribution in [2.24, 2.45) is 0 Å². The van der Waals surface area contributed by atoms with E-state index in [1.54, 1.807) is 36.4 Å². The molecule has 3 nitrogen and oxygen atoms in total. The minimum atomic E-state index is -0.100. The van der Waals surface area contributed by atoms with Gasteiger partial charge in [0.25, 0.3) is 0 Å². The van der Waals surface area contributed by atoms with Crippen molar-refractivity contribution in [1.29, 1.82) is 0 Å². The lowest BCUT2D eigenvalue weighted by molar-refractivity contribution is 0.103. The highest BCUT2D eigenvalue weighted by Gasteiger charge is 2.15. The van der Waals surface area contributed by atoms with E-state index in [4.69, 9.17) is 9.47 Å². The smallest absolute Gasteiger partial charge is 0.196 e. The van der Waals surface area contributed by atoms with Gasteiger partial charge >= 0.3 is 0 Å². The lowest BCUT2D eigenvalue weighted by Crippen LogP contribution is -2.03. The molecule has 0 unspecified atom stereocenters. The van der Waals surface area contributed by atoms with Crippen molar-refractivity contribution in [2.45, 2.75) is 0 Å². The number of carbonyl (C=O) groups excluding carboxylic acids is 1. The molecule has 0 aliphatic rings. The highest BCUT2D eigenvalue weighted by Crippen LogP contribution is 2.29. The fourth-order valence-corrected chi connectivity index (χ4v) is 3.56. The second-order valence-corrected chi connectivity index (χ2v) is 8.95. The van der Waals surface area contributed by atoms with Gasteiger partial charge in [-0.25, -0.2) is 0 Å². The molecule has 4 aromatic rings. The Labute approximate surface area is 202 Å². The summed E-state index contributed by atoms with van der Waals surface area (Å²) in [5, 5.41) is 0. The van der Waals surface area contributed by atoms with Gasteiger partial charge in [0.15, 0.2) is 5.78 Å². The van der Waals surface area contributed by atoms with Crippen LogP contribution in [-0.4, -0.2) is 5.78 Å². The molecule has 0 aliphatic carbocycles. The third-order valence-electron chi connectivity index (χ3n) is 4.34. The van der Waals surface area contributed by atoms with E-state index in [0.29, 0.717) is 28.4 Å². The molecule has 0 spiro atoms. The number of hydrogen-bond acceptors (Lipinski definition) is 3. The van der Waals surface area contributed by atoms with Crippen LogP contribution in [0.3, 0.4) is 0 Å². The van der Waals surface area contributed by atoms with Crippen LogP contribution in [0.2, 0.25) is 0 Å². The molecule has 148 valence electrons. The Balaban J connectivity index is 1.53. The summed E-state index contributed by atoms with van der Waals surface area (Å²) >= 11 is 4.49. The standard InChI is InChI=1S/C25H16I2O3/c26-18-7-13-21(14-8-18)29-20-11-5-17(6-12-20)25(28)23-3-1-2-4-24(23)30-22-15-9-19(27)10-16-22/h1-16H. The van der Waals surface area contributed by atoms with Crippen molar-refractivity contribution in [3.8, 4) is 23.0 Å². The van der Waals surface area contributed by atoms with Crippen LogP contribution in [0.5, 0.6) is 23.0 Å². The van der Waals surface area contributed by atoms with E-state index in [9.17, 15) is 4.79 Å². The van der Waals surface area contributed by atoms with Crippen LogP contribution in [0.15, 0.2) is 97.1 Å². The summed E-state index contributed by atoms with van der Waals surface area (Å²) in [6, 6.07) is 29.9. The summed E-state index contributed by atoms with van der Waals surface area (Å²) in [5.74, 6) is 2.55. The summed E-state index contributed by atoms with van der Waals surface area (Å²) in [6.07, 6.45) is 0. The van der Waals surface area contributed by atoms with Gasteiger partial charge in [-0.1, -0.05) is 12.1 Å². The number of halogens is 2. The van der Waals surface area contributed by atoms with Crippen LogP contribution in [0.4, 0.5) is 0 Å². The number of para-hydroxylation sites is 1. The highest BCUT2D eigenvalue weighted by atomic mass is 127. The Hall–Kier alpha value is -2.39. The Kier molecular flexibility index (Phi) is 6.69. The zero-order valence-corrected chi connectivity index (χ0v) is 20.0. The first kappa shape index (κ1) is 20.9. The van der Waals surface area contributed by atoms with Crippen LogP contribution in [0.25, 0.3) is 0 Å². The summed E-state index contributed by atoms with van der Waals surface area (Å²) < 4.78 is 14.1. The second kappa shape index (κ2) is 9.61. The molecule has 0 amide bonds. The first-order chi connectivity index (χ1) is 14.6. The Morgan fingerprint density at radius 3 is 1.60 bits per heavy atom. The van der Waals surface area contributed by atoms with Gasteiger partial charge in [0, 0.05) is 12.7 Å². The molecule has 0 atom stereocenters. The number of hydrogen-bond donors (Lipinski definition) is 0. The summed E-state index contributed by atoms with van der Waals surface area (Å²) in [7, 11) is 0. The molecule has 0 heterocycles. The molecule has 0 fully saturated rings. The molecule has 0 bridgehead atoms. The SMILES string of the molecule is O=C(c1ccc(Oc2ccc(I)cc2)cc1)c1ccccc1Oc1ccc(I)cc1. The quantitative estimate of drug-likeness (QED) is 0.164. The van der Waals surface area contributed by atoms with E-state index in [2.05, 4.69) is 45.2 Å². The Morgan fingerprint density at radius 1 is 0.567 bits per heavy atom. The molecule has 0 radical (unpaired) electrons. The maximum Gasteiger partial charge on any atom is 0.196 e. The largest absolute Gasteiger partial charge is 0.457 e. The molecule has 4 aromatic carbocycles. The van der Waals surface area contributed by atoms with Gasteiger partial charge in [-0.15, -0.1) is 0 Å². The van der Waals surface area contributed by atoms with Crippen molar-refractivity contribution in [3.63, 3.8) is 0 Å². The molecule has 4 rings (SSSR count). The number of rotatable bonds is 6. The summed E-state index contributed by atoms with van der Waals surface area (Å²) in [5.41, 5.74) is 1.09. The monoisotopic (exact) mass is 618 g/mol. The van der Waals surface area contributed by atoms with Gasteiger partial charge in [0.05, 0.1) is 5.56 Å². The Morgan fingerprint density at radius 2 is 1.03 bits per heavy atom. The van der Waals surface area contributed by atoms with E-state index in [1.165, 1.54) is 0 Å². The number of ether oxygens (including phenoxy) is 2. The number of carbonyl (C=O) groups is 1. The molecule has 0 aromatic heterocycles. The first-order valence-corrected chi connectivity index (χ1v) is 11.3. The summed E-state index contributed by atoms with van der Waals surface area (Å²) in [6.45, 7) is 0. The van der Waals surface area contributed by atoms with E-state index in [0.717, 1.165) is 12.9 Å². The molecule has 0 saturated carbocycles. The molecule has 0 N–H and O–H groups in total. The van der Waals surface area contributed by atoms with Gasteiger partial charge < -0.3 is 9.47 Å². The van der Waals surface area contributed by atoms with Crippen molar-refractivity contribution in [1.82, 2.24) is 0 Å². The normalized spacial score (nSPS) is 10.5. The molecular formula is C25H16I2O3. The van der Waals surface area contributed by atoms with Crippen LogP contribution in [0, 0.1) is 7.14 Å². The average molecular weight is 618 g/mol. The predicted molar refractivity (Wildman–Crippen MR) is 135 cm³/mol. The minimum Gasteiger partial charge on any atom is -0.457 e. The third-order valence-corrected chi connectivity index (χ3v) is 5.78. The topological polar surface area (TPSA) is 35.5 Å². The van der Waals surface area contributed by atoms with Crippen molar-refractivity contribution in [2.75, 3.05) is 0 Å². The third kappa shape index (κ3) is 5.20. The Bertz CT molecular complexity index is 1150.